The summed E-state index contributed by atoms with van der Waals surface area (Å²) < 4.78 is 10.5. The molecule has 1 aromatic heterocycles. The molecule has 6 heteroatoms. The Morgan fingerprint density at radius 3 is 2.65 bits per heavy atom. The number of nitrogens with one attached hydrogen (secondary N) is 1. The Hall–Kier alpha value is -2.08. The van der Waals surface area contributed by atoms with Gasteiger partial charge in [0, 0.05) is 10.4 Å². The van der Waals surface area contributed by atoms with Crippen LogP contribution in [0.15, 0.2) is 23.3 Å². The number of rotatable bonds is 5. The van der Waals surface area contributed by atoms with Crippen molar-refractivity contribution in [3.05, 3.63) is 34.3 Å². The molecule has 0 aliphatic heterocycles. The summed E-state index contributed by atoms with van der Waals surface area (Å²) in [5.74, 6) is 1.50. The molecular formula is C14H17N3O2S. The van der Waals surface area contributed by atoms with Crippen molar-refractivity contribution in [2.24, 2.45) is 5.10 Å². The molecule has 1 aromatic carbocycles. The molecule has 0 aliphatic rings. The van der Waals surface area contributed by atoms with Crippen LogP contribution in [0.4, 0.5) is 5.13 Å². The molecule has 0 amide bonds. The van der Waals surface area contributed by atoms with Crippen molar-refractivity contribution < 1.29 is 9.47 Å². The predicted molar refractivity (Wildman–Crippen MR) is 82.4 cm³/mol. The first-order valence-electron chi connectivity index (χ1n) is 6.09. The molecule has 0 bridgehead atoms. The second-order valence-corrected chi connectivity index (χ2v) is 5.34. The fourth-order valence-corrected chi connectivity index (χ4v) is 2.38. The summed E-state index contributed by atoms with van der Waals surface area (Å²) in [5.41, 5.74) is 4.78. The molecule has 106 valence electrons. The molecule has 0 fully saturated rings. The number of methoxy groups -OCH3 is 2. The maximum Gasteiger partial charge on any atom is 0.203 e. The zero-order valence-corrected chi connectivity index (χ0v) is 12.7. The minimum absolute atomic E-state index is 0.739. The lowest BCUT2D eigenvalue weighted by Gasteiger charge is -2.06. The number of aryl methyl sites for hydroxylation is 2. The first kappa shape index (κ1) is 14.3. The van der Waals surface area contributed by atoms with Gasteiger partial charge in [-0.25, -0.2) is 4.98 Å². The number of hydrogen-bond donors (Lipinski definition) is 1. The first-order valence-corrected chi connectivity index (χ1v) is 6.91. The first-order chi connectivity index (χ1) is 9.63. The standard InChI is InChI=1S/C14H17N3O2S/c1-9-10(2)20-14(16-9)17-15-8-11-7-12(18-3)5-6-13(11)19-4/h5-8H,1-4H3,(H,16,17). The zero-order valence-electron chi connectivity index (χ0n) is 11.9. The van der Waals surface area contributed by atoms with E-state index in [1.54, 1.807) is 31.8 Å². The van der Waals surface area contributed by atoms with Crippen molar-refractivity contribution in [3.63, 3.8) is 0 Å². The summed E-state index contributed by atoms with van der Waals surface area (Å²) in [7, 11) is 3.25. The number of aromatic nitrogens is 1. The van der Waals surface area contributed by atoms with Crippen LogP contribution in [-0.2, 0) is 0 Å². The van der Waals surface area contributed by atoms with Gasteiger partial charge in [0.1, 0.15) is 11.5 Å². The van der Waals surface area contributed by atoms with Crippen molar-refractivity contribution in [3.8, 4) is 11.5 Å². The molecule has 20 heavy (non-hydrogen) atoms. The van der Waals surface area contributed by atoms with Gasteiger partial charge in [0.2, 0.25) is 5.13 Å². The van der Waals surface area contributed by atoms with Gasteiger partial charge in [0.25, 0.3) is 0 Å². The third-order valence-corrected chi connectivity index (χ3v) is 3.81. The largest absolute Gasteiger partial charge is 0.497 e. The van der Waals surface area contributed by atoms with E-state index in [2.05, 4.69) is 15.5 Å². The van der Waals surface area contributed by atoms with Crippen molar-refractivity contribution in [1.82, 2.24) is 4.98 Å². The smallest absolute Gasteiger partial charge is 0.203 e. The normalized spacial score (nSPS) is 10.8. The SMILES string of the molecule is COc1ccc(OC)c(C=NNc2nc(C)c(C)s2)c1. The average Bonchev–Trinajstić information content (AvgIpc) is 2.77. The lowest BCUT2D eigenvalue weighted by molar-refractivity contribution is 0.402. The lowest BCUT2D eigenvalue weighted by atomic mass is 10.2. The van der Waals surface area contributed by atoms with Crippen LogP contribution in [-0.4, -0.2) is 25.4 Å². The molecule has 2 rings (SSSR count). The highest BCUT2D eigenvalue weighted by Gasteiger charge is 2.04. The van der Waals surface area contributed by atoms with Gasteiger partial charge >= 0.3 is 0 Å². The summed E-state index contributed by atoms with van der Waals surface area (Å²) in [4.78, 5) is 5.54. The van der Waals surface area contributed by atoms with Gasteiger partial charge in [-0.15, -0.1) is 11.3 Å². The van der Waals surface area contributed by atoms with Crippen LogP contribution < -0.4 is 14.9 Å². The Morgan fingerprint density at radius 2 is 2.05 bits per heavy atom. The average molecular weight is 291 g/mol. The Bertz CT molecular complexity index is 603. The zero-order chi connectivity index (χ0) is 14.5. The Labute approximate surface area is 122 Å². The van der Waals surface area contributed by atoms with E-state index in [1.165, 1.54) is 4.88 Å². The van der Waals surface area contributed by atoms with Gasteiger partial charge < -0.3 is 9.47 Å². The third-order valence-electron chi connectivity index (χ3n) is 2.83. The summed E-state index contributed by atoms with van der Waals surface area (Å²) in [6, 6.07) is 5.55. The van der Waals surface area contributed by atoms with E-state index in [1.807, 2.05) is 32.0 Å². The number of benzene rings is 1. The topological polar surface area (TPSA) is 55.7 Å². The summed E-state index contributed by atoms with van der Waals surface area (Å²) in [6.07, 6.45) is 1.69. The maximum absolute atomic E-state index is 5.28. The highest BCUT2D eigenvalue weighted by atomic mass is 32.1. The van der Waals surface area contributed by atoms with E-state index in [4.69, 9.17) is 9.47 Å². The number of anilines is 1. The van der Waals surface area contributed by atoms with Gasteiger partial charge in [-0.3, -0.25) is 5.43 Å². The number of hydrazone groups is 1. The number of ether oxygens (including phenoxy) is 2. The second-order valence-electron chi connectivity index (χ2n) is 4.14. The Balaban J connectivity index is 2.14. The van der Waals surface area contributed by atoms with Crippen molar-refractivity contribution in [2.45, 2.75) is 13.8 Å². The highest BCUT2D eigenvalue weighted by molar-refractivity contribution is 7.15. The summed E-state index contributed by atoms with van der Waals surface area (Å²) >= 11 is 1.58. The summed E-state index contributed by atoms with van der Waals surface area (Å²) in [5, 5.41) is 4.96. The predicted octanol–water partition coefficient (Wildman–Crippen LogP) is 3.22. The van der Waals surface area contributed by atoms with Gasteiger partial charge in [-0.05, 0) is 32.0 Å². The molecule has 1 N–H and O–H groups in total. The fraction of sp³-hybridized carbons (Fsp3) is 0.286. The van der Waals surface area contributed by atoms with Crippen LogP contribution in [0.2, 0.25) is 0 Å². The van der Waals surface area contributed by atoms with Crippen LogP contribution in [0.5, 0.6) is 11.5 Å². The van der Waals surface area contributed by atoms with Gasteiger partial charge in [0.15, 0.2) is 0 Å². The number of nitrogens with zero attached hydrogens (tertiary/aromatic N) is 2. The van der Waals surface area contributed by atoms with Crippen molar-refractivity contribution >= 4 is 22.7 Å². The fourth-order valence-electron chi connectivity index (χ4n) is 1.62. The van der Waals surface area contributed by atoms with Crippen LogP contribution in [0, 0.1) is 13.8 Å². The molecule has 0 atom stereocenters. The van der Waals surface area contributed by atoms with E-state index in [0.717, 1.165) is 27.9 Å². The summed E-state index contributed by atoms with van der Waals surface area (Å²) in [6.45, 7) is 4.01. The van der Waals surface area contributed by atoms with Crippen LogP contribution in [0.1, 0.15) is 16.1 Å². The molecule has 0 radical (unpaired) electrons. The second kappa shape index (κ2) is 6.38. The minimum Gasteiger partial charge on any atom is -0.497 e. The van der Waals surface area contributed by atoms with E-state index in [-0.39, 0.29) is 0 Å². The molecule has 5 nitrogen and oxygen atoms in total. The highest BCUT2D eigenvalue weighted by Crippen LogP contribution is 2.23. The van der Waals surface area contributed by atoms with Crippen LogP contribution in [0.3, 0.4) is 0 Å². The van der Waals surface area contributed by atoms with Gasteiger partial charge in [-0.1, -0.05) is 0 Å². The number of thiazole rings is 1. The quantitative estimate of drug-likeness (QED) is 0.679. The molecule has 0 aliphatic carbocycles. The van der Waals surface area contributed by atoms with Crippen molar-refractivity contribution in [2.75, 3.05) is 19.6 Å². The molecule has 0 saturated heterocycles. The third kappa shape index (κ3) is 3.27. The molecule has 0 saturated carbocycles. The molecule has 1 heterocycles. The Kier molecular flexibility index (Phi) is 4.57. The molecule has 0 unspecified atom stereocenters. The number of hydrogen-bond acceptors (Lipinski definition) is 6. The van der Waals surface area contributed by atoms with Gasteiger partial charge in [-0.2, -0.15) is 5.10 Å². The van der Waals surface area contributed by atoms with Crippen molar-refractivity contribution in [1.29, 1.82) is 0 Å². The van der Waals surface area contributed by atoms with E-state index >= 15 is 0 Å². The van der Waals surface area contributed by atoms with E-state index in [9.17, 15) is 0 Å². The van der Waals surface area contributed by atoms with E-state index in [0.29, 0.717) is 0 Å². The van der Waals surface area contributed by atoms with Crippen LogP contribution in [0.25, 0.3) is 0 Å². The van der Waals surface area contributed by atoms with Crippen LogP contribution >= 0.6 is 11.3 Å². The van der Waals surface area contributed by atoms with Gasteiger partial charge in [0.05, 0.1) is 26.1 Å². The monoisotopic (exact) mass is 291 g/mol. The van der Waals surface area contributed by atoms with E-state index < -0.39 is 0 Å². The Morgan fingerprint density at radius 1 is 1.25 bits per heavy atom. The minimum atomic E-state index is 0.739. The molecule has 0 spiro atoms. The maximum atomic E-state index is 5.28. The lowest BCUT2D eigenvalue weighted by Crippen LogP contribution is -1.95. The molecule has 2 aromatic rings. The molecular weight excluding hydrogens is 274 g/mol.